The van der Waals surface area contributed by atoms with Crippen LogP contribution in [-0.4, -0.2) is 42.2 Å². The Morgan fingerprint density at radius 3 is 2.74 bits per heavy atom. The van der Waals surface area contributed by atoms with E-state index in [-0.39, 0.29) is 35.4 Å². The van der Waals surface area contributed by atoms with Crippen molar-refractivity contribution in [1.29, 1.82) is 0 Å². The third kappa shape index (κ3) is 5.39. The quantitative estimate of drug-likeness (QED) is 0.155. The number of carbonyl (C=O) groups excluding carboxylic acids is 1. The summed E-state index contributed by atoms with van der Waals surface area (Å²) >= 11 is 9.82. The Morgan fingerprint density at radius 2 is 1.97 bits per heavy atom. The second-order valence-electron chi connectivity index (χ2n) is 8.20. The number of aromatic nitrogens is 2. The molecule has 0 N–H and O–H groups in total. The zero-order chi connectivity index (χ0) is 27.5. The second kappa shape index (κ2) is 11.3. The monoisotopic (exact) mass is 609 g/mol. The minimum atomic E-state index is -0.509. The van der Waals surface area contributed by atoms with Crippen LogP contribution in [0.1, 0.15) is 12.5 Å². The Kier molecular flexibility index (Phi) is 7.67. The molecule has 3 aromatic carbocycles. The second-order valence-corrected chi connectivity index (χ2v) is 9.47. The summed E-state index contributed by atoms with van der Waals surface area (Å²) in [5, 5.41) is 5.83. The third-order valence-corrected chi connectivity index (χ3v) is 6.57. The highest BCUT2D eigenvalue weighted by atomic mass is 79.9. The number of rotatable bonds is 8. The number of furan rings is 1. The van der Waals surface area contributed by atoms with Crippen LogP contribution in [0, 0.1) is 0 Å². The van der Waals surface area contributed by atoms with Crippen LogP contribution in [-0.2, 0) is 9.53 Å². The first-order valence-electron chi connectivity index (χ1n) is 11.8. The number of ether oxygens (including phenoxy) is 3. The number of halogens is 2. The fourth-order valence-corrected chi connectivity index (χ4v) is 4.95. The van der Waals surface area contributed by atoms with Crippen molar-refractivity contribution in [3.63, 3.8) is 0 Å². The molecule has 0 aliphatic rings. The van der Waals surface area contributed by atoms with Crippen LogP contribution in [0.2, 0.25) is 5.02 Å². The van der Waals surface area contributed by atoms with Crippen LogP contribution in [0.4, 0.5) is 0 Å². The van der Waals surface area contributed by atoms with E-state index in [0.29, 0.717) is 38.0 Å². The van der Waals surface area contributed by atoms with Gasteiger partial charge in [0.25, 0.3) is 5.56 Å². The van der Waals surface area contributed by atoms with E-state index in [9.17, 15) is 9.59 Å². The minimum Gasteiger partial charge on any atom is -0.496 e. The molecule has 0 amide bonds. The van der Waals surface area contributed by atoms with Crippen LogP contribution in [0.25, 0.3) is 33.5 Å². The first-order chi connectivity index (χ1) is 18.9. The first-order valence-corrected chi connectivity index (χ1v) is 13.0. The number of esters is 1. The molecule has 0 saturated carbocycles. The molecule has 2 heterocycles. The molecule has 2 aromatic heterocycles. The van der Waals surface area contributed by atoms with Crippen LogP contribution in [0.5, 0.6) is 11.5 Å². The summed E-state index contributed by atoms with van der Waals surface area (Å²) in [4.78, 5) is 29.9. The Hall–Kier alpha value is -4.15. The molecule has 39 heavy (non-hydrogen) atoms. The Balaban J connectivity index is 1.57. The SMILES string of the molecule is CCOC(=O)COc1c(Cl)cc(C=Nn2c(-c3cc4c(OC)cccc4o3)nc3ccccc3c2=O)cc1Br. The van der Waals surface area contributed by atoms with Crippen molar-refractivity contribution in [3.05, 3.63) is 86.1 Å². The molecule has 0 bridgehead atoms. The highest BCUT2D eigenvalue weighted by Crippen LogP contribution is 2.35. The van der Waals surface area contributed by atoms with Crippen molar-refractivity contribution in [2.45, 2.75) is 6.92 Å². The van der Waals surface area contributed by atoms with Crippen molar-refractivity contribution in [2.75, 3.05) is 20.3 Å². The van der Waals surface area contributed by atoms with Crippen LogP contribution in [0.3, 0.4) is 0 Å². The predicted octanol–water partition coefficient (Wildman–Crippen LogP) is 6.06. The van der Waals surface area contributed by atoms with E-state index < -0.39 is 5.97 Å². The number of methoxy groups -OCH3 is 1. The molecule has 5 rings (SSSR count). The Morgan fingerprint density at radius 1 is 1.15 bits per heavy atom. The maximum Gasteiger partial charge on any atom is 0.344 e. The Labute approximate surface area is 235 Å². The summed E-state index contributed by atoms with van der Waals surface area (Å²) in [6, 6.07) is 17.5. The molecule has 9 nitrogen and oxygen atoms in total. The lowest BCUT2D eigenvalue weighted by Gasteiger charge is -2.11. The maximum absolute atomic E-state index is 13.5. The number of para-hydroxylation sites is 1. The van der Waals surface area contributed by atoms with E-state index in [1.165, 1.54) is 10.9 Å². The van der Waals surface area contributed by atoms with Crippen molar-refractivity contribution < 1.29 is 23.4 Å². The number of benzene rings is 3. The van der Waals surface area contributed by atoms with Crippen LogP contribution in [0.15, 0.2) is 79.4 Å². The van der Waals surface area contributed by atoms with Crippen molar-refractivity contribution in [1.82, 2.24) is 9.66 Å². The smallest absolute Gasteiger partial charge is 0.344 e. The molecular weight excluding hydrogens is 590 g/mol. The lowest BCUT2D eigenvalue weighted by molar-refractivity contribution is -0.145. The lowest BCUT2D eigenvalue weighted by atomic mass is 10.2. The molecule has 0 unspecified atom stereocenters. The van der Waals surface area contributed by atoms with Gasteiger partial charge < -0.3 is 18.6 Å². The van der Waals surface area contributed by atoms with Crippen molar-refractivity contribution in [2.24, 2.45) is 5.10 Å². The fraction of sp³-hybridized carbons (Fsp3) is 0.143. The highest BCUT2D eigenvalue weighted by Gasteiger charge is 2.18. The predicted molar refractivity (Wildman–Crippen MR) is 152 cm³/mol. The number of hydrogen-bond donors (Lipinski definition) is 0. The molecule has 0 spiro atoms. The normalized spacial score (nSPS) is 11.4. The number of nitrogens with zero attached hydrogens (tertiary/aromatic N) is 3. The van der Waals surface area contributed by atoms with Gasteiger partial charge in [0.05, 0.1) is 45.7 Å². The molecule has 5 aromatic rings. The zero-order valence-corrected chi connectivity index (χ0v) is 23.2. The van der Waals surface area contributed by atoms with E-state index in [1.807, 2.05) is 12.1 Å². The van der Waals surface area contributed by atoms with Gasteiger partial charge in [-0.2, -0.15) is 9.78 Å². The van der Waals surface area contributed by atoms with E-state index >= 15 is 0 Å². The fourth-order valence-electron chi connectivity index (χ4n) is 3.96. The van der Waals surface area contributed by atoms with E-state index in [1.54, 1.807) is 62.6 Å². The van der Waals surface area contributed by atoms with Gasteiger partial charge in [0.2, 0.25) is 5.82 Å². The van der Waals surface area contributed by atoms with Crippen LogP contribution < -0.4 is 15.0 Å². The van der Waals surface area contributed by atoms with E-state index in [2.05, 4.69) is 26.0 Å². The van der Waals surface area contributed by atoms with Gasteiger partial charge in [0.15, 0.2) is 18.1 Å². The average molecular weight is 611 g/mol. The Bertz CT molecular complexity index is 1770. The van der Waals surface area contributed by atoms with Gasteiger partial charge in [-0.1, -0.05) is 29.8 Å². The maximum atomic E-state index is 13.5. The van der Waals surface area contributed by atoms with Crippen molar-refractivity contribution >= 4 is 61.6 Å². The molecular formula is C28H21BrClN3O6. The largest absolute Gasteiger partial charge is 0.496 e. The summed E-state index contributed by atoms with van der Waals surface area (Å²) in [6.45, 7) is 1.67. The summed E-state index contributed by atoms with van der Waals surface area (Å²) in [6.07, 6.45) is 1.47. The van der Waals surface area contributed by atoms with Crippen molar-refractivity contribution in [3.8, 4) is 23.1 Å². The lowest BCUT2D eigenvalue weighted by Crippen LogP contribution is -2.20. The standard InChI is InChI=1S/C28H21BrClN3O6/c1-3-37-25(34)15-38-26-19(29)11-16(12-20(26)30)14-31-33-27(32-21-8-5-4-7-17(21)28(33)35)24-13-18-22(36-2)9-6-10-23(18)39-24/h4-14H,3,15H2,1-2H3. The van der Waals surface area contributed by atoms with Gasteiger partial charge in [0.1, 0.15) is 11.3 Å². The zero-order valence-electron chi connectivity index (χ0n) is 20.8. The highest BCUT2D eigenvalue weighted by molar-refractivity contribution is 9.10. The van der Waals surface area contributed by atoms with E-state index in [4.69, 9.17) is 30.2 Å². The molecule has 0 aliphatic carbocycles. The van der Waals surface area contributed by atoms with Gasteiger partial charge in [0, 0.05) is 0 Å². The number of fused-ring (bicyclic) bond motifs is 2. The minimum absolute atomic E-state index is 0.216. The summed E-state index contributed by atoms with van der Waals surface area (Å²) in [5.41, 5.74) is 1.27. The molecule has 0 saturated heterocycles. The number of carbonyl (C=O) groups is 1. The van der Waals surface area contributed by atoms with Crippen LogP contribution >= 0.6 is 27.5 Å². The van der Waals surface area contributed by atoms with Gasteiger partial charge >= 0.3 is 5.97 Å². The molecule has 0 atom stereocenters. The molecule has 0 aliphatic heterocycles. The summed E-state index contributed by atoms with van der Waals surface area (Å²) < 4.78 is 23.6. The molecule has 0 radical (unpaired) electrons. The van der Waals surface area contributed by atoms with Gasteiger partial charge in [-0.3, -0.25) is 4.79 Å². The molecule has 11 heteroatoms. The summed E-state index contributed by atoms with van der Waals surface area (Å²) in [5.74, 6) is 0.961. The summed E-state index contributed by atoms with van der Waals surface area (Å²) in [7, 11) is 1.58. The first kappa shape index (κ1) is 26.5. The average Bonchev–Trinajstić information content (AvgIpc) is 3.36. The number of hydrogen-bond acceptors (Lipinski definition) is 8. The molecule has 198 valence electrons. The third-order valence-electron chi connectivity index (χ3n) is 5.70. The van der Waals surface area contributed by atoms with Gasteiger partial charge in [-0.05, 0) is 70.9 Å². The van der Waals surface area contributed by atoms with E-state index in [0.717, 1.165) is 5.39 Å². The molecule has 0 fully saturated rings. The topological polar surface area (TPSA) is 105 Å². The van der Waals surface area contributed by atoms with Gasteiger partial charge in [-0.25, -0.2) is 9.78 Å². The van der Waals surface area contributed by atoms with Gasteiger partial charge in [-0.15, -0.1) is 0 Å².